The topological polar surface area (TPSA) is 33.4 Å². The van der Waals surface area contributed by atoms with Gasteiger partial charge in [0.25, 0.3) is 0 Å². The SMILES string of the molecule is Fc1cccc(F)c1C1CCN(Cc2ccn3c(CC4CC4)nnc3c2Cl)CC1. The Morgan fingerprint density at radius 3 is 2.41 bits per heavy atom. The molecule has 3 heterocycles. The van der Waals surface area contributed by atoms with Gasteiger partial charge < -0.3 is 0 Å². The van der Waals surface area contributed by atoms with Crippen molar-refractivity contribution in [2.45, 2.75) is 44.6 Å². The number of likely N-dealkylation sites (tertiary alicyclic amines) is 1. The van der Waals surface area contributed by atoms with Gasteiger partial charge in [-0.05, 0) is 74.4 Å². The Morgan fingerprint density at radius 1 is 1.00 bits per heavy atom. The lowest BCUT2D eigenvalue weighted by atomic mass is 9.88. The fourth-order valence-electron chi connectivity index (χ4n) is 4.37. The number of aromatic nitrogens is 3. The van der Waals surface area contributed by atoms with E-state index in [9.17, 15) is 8.78 Å². The van der Waals surface area contributed by atoms with Crippen molar-refractivity contribution in [1.29, 1.82) is 0 Å². The molecule has 1 aliphatic carbocycles. The van der Waals surface area contributed by atoms with Crippen LogP contribution in [-0.2, 0) is 13.0 Å². The van der Waals surface area contributed by atoms with Crippen molar-refractivity contribution in [2.24, 2.45) is 5.92 Å². The lowest BCUT2D eigenvalue weighted by Gasteiger charge is -2.32. The van der Waals surface area contributed by atoms with Gasteiger partial charge >= 0.3 is 0 Å². The number of rotatable bonds is 5. The minimum atomic E-state index is -0.439. The first-order valence-corrected chi connectivity index (χ1v) is 10.6. The zero-order valence-corrected chi connectivity index (χ0v) is 16.9. The zero-order valence-electron chi connectivity index (χ0n) is 16.1. The molecule has 2 aliphatic rings. The molecule has 3 aromatic rings. The predicted octanol–water partition coefficient (Wildman–Crippen LogP) is 4.99. The van der Waals surface area contributed by atoms with Crippen LogP contribution in [0.5, 0.6) is 0 Å². The van der Waals surface area contributed by atoms with E-state index in [0.717, 1.165) is 49.7 Å². The van der Waals surface area contributed by atoms with Gasteiger partial charge in [0.15, 0.2) is 5.65 Å². The van der Waals surface area contributed by atoms with E-state index in [1.807, 2.05) is 16.7 Å². The van der Waals surface area contributed by atoms with Crippen molar-refractivity contribution in [2.75, 3.05) is 13.1 Å². The normalized spacial score (nSPS) is 18.6. The van der Waals surface area contributed by atoms with E-state index < -0.39 is 11.6 Å². The first-order chi connectivity index (χ1) is 14.1. The molecule has 0 unspecified atom stereocenters. The van der Waals surface area contributed by atoms with Gasteiger partial charge in [0.1, 0.15) is 17.5 Å². The highest BCUT2D eigenvalue weighted by Gasteiger charge is 2.27. The Labute approximate surface area is 173 Å². The minimum Gasteiger partial charge on any atom is -0.299 e. The molecule has 2 aromatic heterocycles. The summed E-state index contributed by atoms with van der Waals surface area (Å²) in [5.41, 5.74) is 1.96. The summed E-state index contributed by atoms with van der Waals surface area (Å²) in [7, 11) is 0. The molecule has 1 aromatic carbocycles. The molecule has 0 atom stereocenters. The second-order valence-electron chi connectivity index (χ2n) is 8.30. The smallest absolute Gasteiger partial charge is 0.179 e. The number of hydrogen-bond donors (Lipinski definition) is 0. The second kappa shape index (κ2) is 7.65. The number of piperidine rings is 1. The number of fused-ring (bicyclic) bond motifs is 1. The molecule has 1 aliphatic heterocycles. The molecular formula is C22H23ClF2N4. The standard InChI is InChI=1S/C22H23ClF2N4/c23-21-16(8-11-29-19(12-14-4-5-14)26-27-22(21)29)13-28-9-6-15(7-10-28)20-17(24)2-1-3-18(20)25/h1-3,8,11,14-15H,4-7,9-10,12-13H2. The third-order valence-corrected chi connectivity index (χ3v) is 6.64. The maximum atomic E-state index is 14.1. The third kappa shape index (κ3) is 3.76. The summed E-state index contributed by atoms with van der Waals surface area (Å²) in [6.07, 6.45) is 6.97. The fourth-order valence-corrected chi connectivity index (χ4v) is 4.63. The van der Waals surface area contributed by atoms with Crippen molar-refractivity contribution < 1.29 is 8.78 Å². The van der Waals surface area contributed by atoms with E-state index in [-0.39, 0.29) is 11.5 Å². The van der Waals surface area contributed by atoms with Crippen LogP contribution in [0, 0.1) is 17.6 Å². The van der Waals surface area contributed by atoms with Crippen molar-refractivity contribution >= 4 is 17.2 Å². The largest absolute Gasteiger partial charge is 0.299 e. The highest BCUT2D eigenvalue weighted by Crippen LogP contribution is 2.34. The molecule has 0 N–H and O–H groups in total. The summed E-state index contributed by atoms with van der Waals surface area (Å²) >= 11 is 6.64. The van der Waals surface area contributed by atoms with Crippen molar-refractivity contribution in [3.05, 3.63) is 64.1 Å². The molecular weight excluding hydrogens is 394 g/mol. The molecule has 2 fully saturated rings. The molecule has 4 nitrogen and oxygen atoms in total. The molecule has 5 rings (SSSR count). The maximum Gasteiger partial charge on any atom is 0.179 e. The summed E-state index contributed by atoms with van der Waals surface area (Å²) in [6.45, 7) is 2.26. The number of halogens is 3. The van der Waals surface area contributed by atoms with Gasteiger partial charge in [-0.15, -0.1) is 10.2 Å². The van der Waals surface area contributed by atoms with E-state index >= 15 is 0 Å². The Hall–Kier alpha value is -2.05. The molecule has 0 bridgehead atoms. The van der Waals surface area contributed by atoms with Crippen LogP contribution in [0.25, 0.3) is 5.65 Å². The molecule has 1 saturated heterocycles. The van der Waals surface area contributed by atoms with E-state index in [2.05, 4.69) is 15.1 Å². The van der Waals surface area contributed by atoms with Crippen LogP contribution in [0.1, 0.15) is 48.6 Å². The molecule has 7 heteroatoms. The predicted molar refractivity (Wildman–Crippen MR) is 108 cm³/mol. The molecule has 29 heavy (non-hydrogen) atoms. The van der Waals surface area contributed by atoms with Crippen LogP contribution in [0.3, 0.4) is 0 Å². The van der Waals surface area contributed by atoms with Crippen LogP contribution < -0.4 is 0 Å². The Kier molecular flexibility index (Phi) is 5.00. The van der Waals surface area contributed by atoms with Gasteiger partial charge in [0.05, 0.1) is 5.02 Å². The summed E-state index contributed by atoms with van der Waals surface area (Å²) in [5, 5.41) is 9.27. The van der Waals surface area contributed by atoms with Crippen LogP contribution in [0.2, 0.25) is 5.02 Å². The molecule has 0 amide bonds. The average Bonchev–Trinajstić information content (AvgIpc) is 3.43. The Bertz CT molecular complexity index is 1020. The van der Waals surface area contributed by atoms with E-state index in [0.29, 0.717) is 17.2 Å². The van der Waals surface area contributed by atoms with Gasteiger partial charge in [-0.2, -0.15) is 0 Å². The monoisotopic (exact) mass is 416 g/mol. The summed E-state index contributed by atoms with van der Waals surface area (Å²) in [6, 6.07) is 6.14. The third-order valence-electron chi connectivity index (χ3n) is 6.23. The minimum absolute atomic E-state index is 0.0770. The van der Waals surface area contributed by atoms with E-state index in [1.165, 1.54) is 31.0 Å². The Balaban J connectivity index is 1.28. The number of hydrogen-bond acceptors (Lipinski definition) is 3. The highest BCUT2D eigenvalue weighted by atomic mass is 35.5. The highest BCUT2D eigenvalue weighted by molar-refractivity contribution is 6.34. The van der Waals surface area contributed by atoms with E-state index in [4.69, 9.17) is 11.6 Å². The molecule has 0 spiro atoms. The molecule has 1 saturated carbocycles. The summed E-state index contributed by atoms with van der Waals surface area (Å²) in [4.78, 5) is 2.29. The average molecular weight is 417 g/mol. The Morgan fingerprint density at radius 2 is 1.72 bits per heavy atom. The lowest BCUT2D eigenvalue weighted by Crippen LogP contribution is -2.33. The van der Waals surface area contributed by atoms with Crippen molar-refractivity contribution in [3.8, 4) is 0 Å². The first-order valence-electron chi connectivity index (χ1n) is 10.3. The lowest BCUT2D eigenvalue weighted by molar-refractivity contribution is 0.201. The number of nitrogens with zero attached hydrogens (tertiary/aromatic N) is 4. The van der Waals surface area contributed by atoms with Gasteiger partial charge in [-0.25, -0.2) is 8.78 Å². The molecule has 152 valence electrons. The number of pyridine rings is 1. The fraction of sp³-hybridized carbons (Fsp3) is 0.455. The second-order valence-corrected chi connectivity index (χ2v) is 8.68. The van der Waals surface area contributed by atoms with Crippen LogP contribution in [0.15, 0.2) is 30.5 Å². The van der Waals surface area contributed by atoms with Crippen molar-refractivity contribution in [3.63, 3.8) is 0 Å². The van der Waals surface area contributed by atoms with Crippen LogP contribution >= 0.6 is 11.6 Å². The summed E-state index contributed by atoms with van der Waals surface area (Å²) in [5.74, 6) is 0.758. The van der Waals surface area contributed by atoms with Gasteiger partial charge in [-0.3, -0.25) is 9.30 Å². The van der Waals surface area contributed by atoms with Crippen LogP contribution in [0.4, 0.5) is 8.78 Å². The zero-order chi connectivity index (χ0) is 20.0. The molecule has 0 radical (unpaired) electrons. The van der Waals surface area contributed by atoms with Gasteiger partial charge in [0, 0.05) is 24.7 Å². The maximum absolute atomic E-state index is 14.1. The first kappa shape index (κ1) is 18.9. The number of benzene rings is 1. The van der Waals surface area contributed by atoms with Crippen molar-refractivity contribution in [1.82, 2.24) is 19.5 Å². The quantitative estimate of drug-likeness (QED) is 0.587. The van der Waals surface area contributed by atoms with Crippen LogP contribution in [-0.4, -0.2) is 32.6 Å². The van der Waals surface area contributed by atoms with Gasteiger partial charge in [0.2, 0.25) is 0 Å². The summed E-state index contributed by atoms with van der Waals surface area (Å²) < 4.78 is 30.2. The van der Waals surface area contributed by atoms with Gasteiger partial charge in [-0.1, -0.05) is 17.7 Å². The van der Waals surface area contributed by atoms with E-state index in [1.54, 1.807) is 0 Å².